The molecule has 0 saturated carbocycles. The van der Waals surface area contributed by atoms with Gasteiger partial charge in [-0.05, 0) is 12.1 Å². The van der Waals surface area contributed by atoms with E-state index < -0.39 is 5.91 Å². The molecule has 0 bridgehead atoms. The van der Waals surface area contributed by atoms with Crippen LogP contribution < -0.4 is 5.73 Å². The fourth-order valence-electron chi connectivity index (χ4n) is 0.692. The first-order valence-corrected chi connectivity index (χ1v) is 3.10. The van der Waals surface area contributed by atoms with Crippen LogP contribution in [0, 0.1) is 0 Å². The van der Waals surface area contributed by atoms with Crippen LogP contribution in [0.2, 0.25) is 0 Å². The topological polar surface area (TPSA) is 93.3 Å². The van der Waals surface area contributed by atoms with Gasteiger partial charge in [-0.1, -0.05) is 0 Å². The molecule has 62 valence electrons. The van der Waals surface area contributed by atoms with Crippen molar-refractivity contribution >= 4 is 12.2 Å². The molecule has 1 heterocycles. The van der Waals surface area contributed by atoms with Crippen molar-refractivity contribution in [1.82, 2.24) is 4.98 Å². The Labute approximate surface area is 67.8 Å². The van der Waals surface area contributed by atoms with E-state index in [0.717, 1.165) is 0 Å². The molecule has 0 aliphatic carbocycles. The van der Waals surface area contributed by atoms with Crippen LogP contribution in [0.5, 0.6) is 5.75 Å². The van der Waals surface area contributed by atoms with Gasteiger partial charge in [0.15, 0.2) is 6.29 Å². The summed E-state index contributed by atoms with van der Waals surface area (Å²) in [7, 11) is 0. The number of nitrogens with zero attached hydrogens (tertiary/aromatic N) is 1. The van der Waals surface area contributed by atoms with E-state index in [2.05, 4.69) is 4.98 Å². The van der Waals surface area contributed by atoms with Gasteiger partial charge in [0.25, 0.3) is 5.91 Å². The minimum Gasteiger partial charge on any atom is -0.506 e. The number of amides is 1. The van der Waals surface area contributed by atoms with Gasteiger partial charge in [0.05, 0.1) is 0 Å². The molecule has 0 aromatic carbocycles. The fraction of sp³-hybridized carbons (Fsp3) is 0. The van der Waals surface area contributed by atoms with Gasteiger partial charge in [-0.3, -0.25) is 9.59 Å². The van der Waals surface area contributed by atoms with Crippen LogP contribution in [0.3, 0.4) is 0 Å². The summed E-state index contributed by atoms with van der Waals surface area (Å²) in [6.07, 6.45) is 0.349. The maximum Gasteiger partial charge on any atom is 0.267 e. The molecule has 0 fully saturated rings. The Kier molecular flexibility index (Phi) is 2.05. The van der Waals surface area contributed by atoms with Crippen molar-refractivity contribution in [2.24, 2.45) is 5.73 Å². The van der Waals surface area contributed by atoms with E-state index in [1.165, 1.54) is 12.1 Å². The number of pyridine rings is 1. The Morgan fingerprint density at radius 3 is 2.75 bits per heavy atom. The molecule has 0 aliphatic rings. The van der Waals surface area contributed by atoms with Gasteiger partial charge in [0.2, 0.25) is 0 Å². The number of hydrogen-bond donors (Lipinski definition) is 2. The molecule has 1 rings (SSSR count). The summed E-state index contributed by atoms with van der Waals surface area (Å²) in [5.41, 5.74) is 4.65. The van der Waals surface area contributed by atoms with Crippen molar-refractivity contribution in [3.63, 3.8) is 0 Å². The van der Waals surface area contributed by atoms with Crippen LogP contribution >= 0.6 is 0 Å². The maximum absolute atomic E-state index is 10.5. The number of primary amides is 1. The lowest BCUT2D eigenvalue weighted by molar-refractivity contribution is 0.0995. The Hall–Kier alpha value is -1.91. The second-order valence-corrected chi connectivity index (χ2v) is 2.08. The average Bonchev–Trinajstić information content (AvgIpc) is 2.05. The van der Waals surface area contributed by atoms with E-state index in [-0.39, 0.29) is 17.1 Å². The number of nitrogens with two attached hydrogens (primary N) is 1. The minimum atomic E-state index is -0.738. The highest BCUT2D eigenvalue weighted by atomic mass is 16.3. The van der Waals surface area contributed by atoms with Gasteiger partial charge in [-0.15, -0.1) is 0 Å². The molecular formula is C7H6N2O3. The molecule has 0 unspecified atom stereocenters. The zero-order valence-electron chi connectivity index (χ0n) is 6.02. The minimum absolute atomic E-state index is 0.0464. The Bertz CT molecular complexity index is 335. The summed E-state index contributed by atoms with van der Waals surface area (Å²) in [4.78, 5) is 24.3. The quantitative estimate of drug-likeness (QED) is 0.589. The summed E-state index contributed by atoms with van der Waals surface area (Å²) < 4.78 is 0. The normalized spacial score (nSPS) is 9.33. The summed E-state index contributed by atoms with van der Waals surface area (Å²) in [5.74, 6) is -1.01. The molecule has 1 aromatic rings. The molecule has 0 radical (unpaired) electrons. The Morgan fingerprint density at radius 1 is 1.58 bits per heavy atom. The lowest BCUT2D eigenvalue weighted by Gasteiger charge is -1.97. The molecule has 5 nitrogen and oxygen atoms in total. The van der Waals surface area contributed by atoms with E-state index >= 15 is 0 Å². The van der Waals surface area contributed by atoms with Crippen molar-refractivity contribution in [1.29, 1.82) is 0 Å². The largest absolute Gasteiger partial charge is 0.506 e. The molecule has 0 spiro atoms. The summed E-state index contributed by atoms with van der Waals surface area (Å²) >= 11 is 0. The predicted octanol–water partition coefficient (Wildman–Crippen LogP) is -0.301. The zero-order chi connectivity index (χ0) is 9.14. The molecule has 0 atom stereocenters. The van der Waals surface area contributed by atoms with E-state index in [0.29, 0.717) is 6.29 Å². The maximum atomic E-state index is 10.5. The molecule has 3 N–H and O–H groups in total. The van der Waals surface area contributed by atoms with Gasteiger partial charge in [0.1, 0.15) is 17.1 Å². The lowest BCUT2D eigenvalue weighted by atomic mass is 10.3. The van der Waals surface area contributed by atoms with Crippen LogP contribution in [0.25, 0.3) is 0 Å². The lowest BCUT2D eigenvalue weighted by Crippen LogP contribution is -2.13. The molecule has 1 aromatic heterocycles. The summed E-state index contributed by atoms with van der Waals surface area (Å²) in [5, 5.41) is 8.97. The Morgan fingerprint density at radius 2 is 2.25 bits per heavy atom. The number of carbonyl (C=O) groups excluding carboxylic acids is 2. The number of aldehydes is 1. The number of aromatic nitrogens is 1. The van der Waals surface area contributed by atoms with E-state index in [1.54, 1.807) is 0 Å². The second kappa shape index (κ2) is 3.00. The van der Waals surface area contributed by atoms with Crippen molar-refractivity contribution in [2.75, 3.05) is 0 Å². The number of aromatic hydroxyl groups is 1. The predicted molar refractivity (Wildman–Crippen MR) is 39.8 cm³/mol. The molecule has 12 heavy (non-hydrogen) atoms. The molecule has 5 heteroatoms. The van der Waals surface area contributed by atoms with Crippen molar-refractivity contribution in [2.45, 2.75) is 0 Å². The average molecular weight is 166 g/mol. The number of hydrogen-bond acceptors (Lipinski definition) is 4. The highest BCUT2D eigenvalue weighted by molar-refractivity contribution is 5.92. The third kappa shape index (κ3) is 1.39. The number of carbonyl (C=O) groups is 2. The van der Waals surface area contributed by atoms with Crippen molar-refractivity contribution < 1.29 is 14.7 Å². The summed E-state index contributed by atoms with van der Waals surface area (Å²) in [6, 6.07) is 2.43. The van der Waals surface area contributed by atoms with E-state index in [1.807, 2.05) is 0 Å². The molecular weight excluding hydrogens is 160 g/mol. The molecule has 0 saturated heterocycles. The fourth-order valence-corrected chi connectivity index (χ4v) is 0.692. The first kappa shape index (κ1) is 8.19. The third-order valence-corrected chi connectivity index (χ3v) is 1.27. The van der Waals surface area contributed by atoms with E-state index in [9.17, 15) is 9.59 Å². The van der Waals surface area contributed by atoms with Gasteiger partial charge < -0.3 is 10.8 Å². The van der Waals surface area contributed by atoms with Gasteiger partial charge in [-0.2, -0.15) is 0 Å². The van der Waals surface area contributed by atoms with Crippen LogP contribution in [-0.4, -0.2) is 22.3 Å². The van der Waals surface area contributed by atoms with Crippen LogP contribution in [0.4, 0.5) is 0 Å². The SMILES string of the molecule is NC(=O)c1ccc(O)c(C=O)n1. The van der Waals surface area contributed by atoms with Crippen LogP contribution in [0.1, 0.15) is 21.0 Å². The molecule has 0 aliphatic heterocycles. The summed E-state index contributed by atoms with van der Waals surface area (Å²) in [6.45, 7) is 0. The highest BCUT2D eigenvalue weighted by Crippen LogP contribution is 2.11. The second-order valence-electron chi connectivity index (χ2n) is 2.08. The monoisotopic (exact) mass is 166 g/mol. The van der Waals surface area contributed by atoms with Crippen LogP contribution in [-0.2, 0) is 0 Å². The number of rotatable bonds is 2. The third-order valence-electron chi connectivity index (χ3n) is 1.27. The highest BCUT2D eigenvalue weighted by Gasteiger charge is 2.06. The Balaban J connectivity index is 3.22. The first-order chi connectivity index (χ1) is 5.65. The van der Waals surface area contributed by atoms with Crippen molar-refractivity contribution in [3.8, 4) is 5.75 Å². The van der Waals surface area contributed by atoms with Gasteiger partial charge in [-0.25, -0.2) is 4.98 Å². The standard InChI is InChI=1S/C7H6N2O3/c8-7(12)4-1-2-6(11)5(3-10)9-4/h1-3,11H,(H2,8,12). The van der Waals surface area contributed by atoms with E-state index in [4.69, 9.17) is 10.8 Å². The first-order valence-electron chi connectivity index (χ1n) is 3.10. The smallest absolute Gasteiger partial charge is 0.267 e. The van der Waals surface area contributed by atoms with Crippen molar-refractivity contribution in [3.05, 3.63) is 23.5 Å². The van der Waals surface area contributed by atoms with Gasteiger partial charge in [0, 0.05) is 0 Å². The zero-order valence-corrected chi connectivity index (χ0v) is 6.02. The van der Waals surface area contributed by atoms with Gasteiger partial charge >= 0.3 is 0 Å². The van der Waals surface area contributed by atoms with Crippen LogP contribution in [0.15, 0.2) is 12.1 Å². The molecule has 1 amide bonds.